The first-order valence-corrected chi connectivity index (χ1v) is 5.16. The summed E-state index contributed by atoms with van der Waals surface area (Å²) in [5.41, 5.74) is 1.13. The third-order valence-electron chi connectivity index (χ3n) is 2.34. The summed E-state index contributed by atoms with van der Waals surface area (Å²) in [7, 11) is 1.89. The molecule has 1 rings (SSSR count). The van der Waals surface area contributed by atoms with Crippen molar-refractivity contribution in [1.29, 1.82) is 0 Å². The number of nitrogens with one attached hydrogen (secondary N) is 1. The van der Waals surface area contributed by atoms with Crippen LogP contribution < -0.4 is 5.32 Å². The fourth-order valence-corrected chi connectivity index (χ4v) is 1.38. The van der Waals surface area contributed by atoms with E-state index in [1.807, 2.05) is 19.2 Å². The summed E-state index contributed by atoms with van der Waals surface area (Å²) in [6.45, 7) is 7.42. The van der Waals surface area contributed by atoms with Crippen molar-refractivity contribution >= 4 is 5.82 Å². The zero-order valence-electron chi connectivity index (χ0n) is 9.25. The quantitative estimate of drug-likeness (QED) is 0.775. The van der Waals surface area contributed by atoms with E-state index in [2.05, 4.69) is 35.1 Å². The molecule has 0 aliphatic rings. The molecule has 0 amide bonds. The van der Waals surface area contributed by atoms with Gasteiger partial charge in [-0.1, -0.05) is 19.9 Å². The van der Waals surface area contributed by atoms with Gasteiger partial charge >= 0.3 is 0 Å². The van der Waals surface area contributed by atoms with E-state index in [9.17, 15) is 0 Å². The Labute approximate surface area is 86.2 Å². The second kappa shape index (κ2) is 5.60. The minimum Gasteiger partial charge on any atom is -0.373 e. The summed E-state index contributed by atoms with van der Waals surface area (Å²) >= 11 is 0. The summed E-state index contributed by atoms with van der Waals surface area (Å²) in [6.07, 6.45) is 0. The van der Waals surface area contributed by atoms with E-state index in [1.54, 1.807) is 0 Å². The molecule has 3 heteroatoms. The summed E-state index contributed by atoms with van der Waals surface area (Å²) < 4.78 is 0. The molecule has 1 heterocycles. The van der Waals surface area contributed by atoms with E-state index in [-0.39, 0.29) is 0 Å². The van der Waals surface area contributed by atoms with Gasteiger partial charge in [-0.25, -0.2) is 4.98 Å². The maximum Gasteiger partial charge on any atom is 0.126 e. The van der Waals surface area contributed by atoms with E-state index in [4.69, 9.17) is 0 Å². The predicted octanol–water partition coefficient (Wildman–Crippen LogP) is 1.97. The third-order valence-corrected chi connectivity index (χ3v) is 2.34. The van der Waals surface area contributed by atoms with Gasteiger partial charge in [-0.05, 0) is 25.2 Å². The van der Waals surface area contributed by atoms with Crippen LogP contribution in [0.5, 0.6) is 0 Å². The first-order chi connectivity index (χ1) is 6.80. The number of hydrogen-bond donors (Lipinski definition) is 1. The minimum atomic E-state index is 0.933. The Hall–Kier alpha value is -1.09. The van der Waals surface area contributed by atoms with E-state index in [0.717, 1.165) is 31.1 Å². The Morgan fingerprint density at radius 1 is 1.29 bits per heavy atom. The van der Waals surface area contributed by atoms with E-state index in [1.165, 1.54) is 0 Å². The second-order valence-electron chi connectivity index (χ2n) is 3.23. The maximum atomic E-state index is 4.47. The SMILES string of the molecule is CCN(CC)Cc1cccc(NC)n1. The van der Waals surface area contributed by atoms with Gasteiger partial charge in [0.2, 0.25) is 0 Å². The number of nitrogens with zero attached hydrogens (tertiary/aromatic N) is 2. The van der Waals surface area contributed by atoms with Crippen LogP contribution >= 0.6 is 0 Å². The van der Waals surface area contributed by atoms with Gasteiger partial charge in [0.1, 0.15) is 5.82 Å². The van der Waals surface area contributed by atoms with Crippen LogP contribution in [0.2, 0.25) is 0 Å². The standard InChI is InChI=1S/C11H19N3/c1-4-14(5-2)9-10-7-6-8-11(12-3)13-10/h6-8H,4-5,9H2,1-3H3,(H,12,13). The smallest absolute Gasteiger partial charge is 0.126 e. The van der Waals surface area contributed by atoms with Crippen LogP contribution in [0.3, 0.4) is 0 Å². The summed E-state index contributed by atoms with van der Waals surface area (Å²) in [5, 5.41) is 3.05. The van der Waals surface area contributed by atoms with E-state index < -0.39 is 0 Å². The molecule has 0 aromatic carbocycles. The number of rotatable bonds is 5. The Morgan fingerprint density at radius 3 is 2.57 bits per heavy atom. The van der Waals surface area contributed by atoms with Gasteiger partial charge in [0, 0.05) is 13.6 Å². The Balaban J connectivity index is 2.65. The molecule has 0 radical (unpaired) electrons. The molecule has 0 fully saturated rings. The molecule has 1 aromatic heterocycles. The van der Waals surface area contributed by atoms with Crippen LogP contribution in [0.15, 0.2) is 18.2 Å². The molecule has 0 atom stereocenters. The Morgan fingerprint density at radius 2 is 2.00 bits per heavy atom. The lowest BCUT2D eigenvalue weighted by Gasteiger charge is -2.17. The van der Waals surface area contributed by atoms with Crippen molar-refractivity contribution in [2.75, 3.05) is 25.5 Å². The molecule has 1 aromatic rings. The first-order valence-electron chi connectivity index (χ1n) is 5.16. The summed E-state index contributed by atoms with van der Waals surface area (Å²) in [5.74, 6) is 0.939. The highest BCUT2D eigenvalue weighted by Crippen LogP contribution is 2.06. The van der Waals surface area contributed by atoms with Crippen molar-refractivity contribution in [1.82, 2.24) is 9.88 Å². The van der Waals surface area contributed by atoms with Crippen LogP contribution in [-0.4, -0.2) is 30.0 Å². The highest BCUT2D eigenvalue weighted by atomic mass is 15.1. The van der Waals surface area contributed by atoms with Crippen molar-refractivity contribution in [3.63, 3.8) is 0 Å². The average molecular weight is 193 g/mol. The zero-order valence-corrected chi connectivity index (χ0v) is 9.25. The van der Waals surface area contributed by atoms with Crippen LogP contribution in [0.25, 0.3) is 0 Å². The highest BCUT2D eigenvalue weighted by Gasteiger charge is 2.02. The molecule has 0 spiro atoms. The lowest BCUT2D eigenvalue weighted by molar-refractivity contribution is 0.292. The number of anilines is 1. The fraction of sp³-hybridized carbons (Fsp3) is 0.545. The maximum absolute atomic E-state index is 4.47. The van der Waals surface area contributed by atoms with Crippen LogP contribution in [0.1, 0.15) is 19.5 Å². The van der Waals surface area contributed by atoms with Crippen LogP contribution in [0, 0.1) is 0 Å². The molecule has 0 aliphatic carbocycles. The molecule has 78 valence electrons. The second-order valence-corrected chi connectivity index (χ2v) is 3.23. The number of aromatic nitrogens is 1. The van der Waals surface area contributed by atoms with Crippen LogP contribution in [0.4, 0.5) is 5.82 Å². The van der Waals surface area contributed by atoms with Gasteiger partial charge in [-0.15, -0.1) is 0 Å². The molecular weight excluding hydrogens is 174 g/mol. The molecule has 0 aliphatic heterocycles. The van der Waals surface area contributed by atoms with Crippen molar-refractivity contribution in [3.8, 4) is 0 Å². The minimum absolute atomic E-state index is 0.933. The first kappa shape index (κ1) is 11.0. The van der Waals surface area contributed by atoms with Gasteiger partial charge in [-0.3, -0.25) is 4.90 Å². The molecule has 1 N–H and O–H groups in total. The molecule has 0 bridgehead atoms. The van der Waals surface area contributed by atoms with Gasteiger partial charge < -0.3 is 5.32 Å². The fourth-order valence-electron chi connectivity index (χ4n) is 1.38. The van der Waals surface area contributed by atoms with Crippen molar-refractivity contribution in [3.05, 3.63) is 23.9 Å². The predicted molar refractivity (Wildman–Crippen MR) is 60.4 cm³/mol. The van der Waals surface area contributed by atoms with Gasteiger partial charge in [0.25, 0.3) is 0 Å². The monoisotopic (exact) mass is 193 g/mol. The lowest BCUT2D eigenvalue weighted by Crippen LogP contribution is -2.22. The topological polar surface area (TPSA) is 28.2 Å². The molecule has 3 nitrogen and oxygen atoms in total. The molecule has 0 unspecified atom stereocenters. The molecular formula is C11H19N3. The normalized spacial score (nSPS) is 10.6. The summed E-state index contributed by atoms with van der Waals surface area (Å²) in [4.78, 5) is 6.82. The summed E-state index contributed by atoms with van der Waals surface area (Å²) in [6, 6.07) is 6.09. The lowest BCUT2D eigenvalue weighted by atomic mass is 10.3. The van der Waals surface area contributed by atoms with Crippen LogP contribution in [-0.2, 0) is 6.54 Å². The highest BCUT2D eigenvalue weighted by molar-refractivity contribution is 5.34. The zero-order chi connectivity index (χ0) is 10.4. The third kappa shape index (κ3) is 3.00. The molecule has 0 saturated carbocycles. The average Bonchev–Trinajstić information content (AvgIpc) is 2.26. The van der Waals surface area contributed by atoms with E-state index in [0.29, 0.717) is 0 Å². The molecule has 0 saturated heterocycles. The Kier molecular flexibility index (Phi) is 4.40. The number of pyridine rings is 1. The van der Waals surface area contributed by atoms with Crippen molar-refractivity contribution < 1.29 is 0 Å². The van der Waals surface area contributed by atoms with E-state index >= 15 is 0 Å². The number of hydrogen-bond acceptors (Lipinski definition) is 3. The largest absolute Gasteiger partial charge is 0.373 e. The Bertz CT molecular complexity index is 269. The van der Waals surface area contributed by atoms with Gasteiger partial charge in [0.05, 0.1) is 5.69 Å². The van der Waals surface area contributed by atoms with Crippen molar-refractivity contribution in [2.45, 2.75) is 20.4 Å². The van der Waals surface area contributed by atoms with Crippen molar-refractivity contribution in [2.24, 2.45) is 0 Å². The van der Waals surface area contributed by atoms with Gasteiger partial charge in [0.15, 0.2) is 0 Å². The molecule has 14 heavy (non-hydrogen) atoms. The van der Waals surface area contributed by atoms with Gasteiger partial charge in [-0.2, -0.15) is 0 Å².